The maximum absolute atomic E-state index is 13.3. The highest BCUT2D eigenvalue weighted by Gasteiger charge is 2.47. The van der Waals surface area contributed by atoms with Crippen LogP contribution >= 0.6 is 0 Å². The van der Waals surface area contributed by atoms with Gasteiger partial charge in [0, 0.05) is 11.3 Å². The molecule has 1 amide bonds. The number of aliphatic hydroxyl groups excluding tert-OH is 1. The Kier molecular flexibility index (Phi) is 7.20. The van der Waals surface area contributed by atoms with E-state index >= 15 is 0 Å². The molecule has 4 rings (SSSR count). The highest BCUT2D eigenvalue weighted by atomic mass is 16.5. The number of aliphatic hydroxyl groups is 1. The number of hydrogen-bond donors (Lipinski definition) is 1. The molecule has 0 spiro atoms. The Morgan fingerprint density at radius 2 is 1.51 bits per heavy atom. The van der Waals surface area contributed by atoms with Crippen LogP contribution in [0.4, 0.5) is 5.69 Å². The van der Waals surface area contributed by atoms with Crippen molar-refractivity contribution in [3.8, 4) is 11.5 Å². The van der Waals surface area contributed by atoms with E-state index in [0.29, 0.717) is 41.5 Å². The van der Waals surface area contributed by atoms with E-state index in [2.05, 4.69) is 0 Å². The molecule has 35 heavy (non-hydrogen) atoms. The molecule has 1 aliphatic heterocycles. The van der Waals surface area contributed by atoms with Gasteiger partial charge >= 0.3 is 0 Å². The minimum Gasteiger partial charge on any atom is -0.507 e. The highest BCUT2D eigenvalue weighted by Crippen LogP contribution is 2.43. The molecule has 0 radical (unpaired) electrons. The predicted octanol–water partition coefficient (Wildman–Crippen LogP) is 5.81. The van der Waals surface area contributed by atoms with Crippen molar-refractivity contribution in [3.63, 3.8) is 0 Å². The molecule has 6 heteroatoms. The van der Waals surface area contributed by atoms with Crippen LogP contribution in [0.2, 0.25) is 0 Å². The summed E-state index contributed by atoms with van der Waals surface area (Å²) in [5.74, 6) is -0.266. The molecular weight excluding hydrogens is 442 g/mol. The Balaban J connectivity index is 1.84. The smallest absolute Gasteiger partial charge is 0.300 e. The number of ether oxygens (including phenoxy) is 2. The molecular formula is C29H29NO5. The Bertz CT molecular complexity index is 1240. The quantitative estimate of drug-likeness (QED) is 0.255. The Morgan fingerprint density at radius 3 is 2.14 bits per heavy atom. The maximum atomic E-state index is 13.3. The first-order chi connectivity index (χ1) is 17.0. The number of anilines is 1. The topological polar surface area (TPSA) is 76.1 Å². The summed E-state index contributed by atoms with van der Waals surface area (Å²) in [4.78, 5) is 28.1. The van der Waals surface area contributed by atoms with E-state index in [9.17, 15) is 14.7 Å². The third-order valence-electron chi connectivity index (χ3n) is 5.93. The normalized spacial score (nSPS) is 17.0. The molecule has 1 N–H and O–H groups in total. The van der Waals surface area contributed by atoms with Crippen LogP contribution in [0.3, 0.4) is 0 Å². The van der Waals surface area contributed by atoms with Crippen LogP contribution in [0, 0.1) is 6.92 Å². The van der Waals surface area contributed by atoms with Gasteiger partial charge in [-0.05, 0) is 73.9 Å². The zero-order chi connectivity index (χ0) is 24.9. The number of Topliss-reactive ketones (excluding diaryl/α,β-unsaturated/α-hetero) is 1. The number of ketones is 1. The number of rotatable bonds is 8. The molecule has 1 aliphatic rings. The first kappa shape index (κ1) is 24.1. The number of hydrogen-bond acceptors (Lipinski definition) is 5. The molecule has 3 aromatic rings. The average molecular weight is 472 g/mol. The molecule has 1 fully saturated rings. The first-order valence-electron chi connectivity index (χ1n) is 11.8. The second-order valence-corrected chi connectivity index (χ2v) is 8.33. The van der Waals surface area contributed by atoms with Crippen molar-refractivity contribution in [2.45, 2.75) is 33.2 Å². The van der Waals surface area contributed by atoms with Gasteiger partial charge in [0.2, 0.25) is 0 Å². The van der Waals surface area contributed by atoms with Gasteiger partial charge in [-0.3, -0.25) is 14.5 Å². The maximum Gasteiger partial charge on any atom is 0.300 e. The van der Waals surface area contributed by atoms with Crippen LogP contribution in [-0.4, -0.2) is 30.0 Å². The SMILES string of the molecule is CCCOc1ccc(/C(O)=C2\C(=O)C(=O)N(c3ccccc3C)C2c2ccc(OCC)cc2)cc1. The largest absolute Gasteiger partial charge is 0.507 e. The minimum atomic E-state index is -0.789. The van der Waals surface area contributed by atoms with Crippen molar-refractivity contribution >= 4 is 23.1 Å². The van der Waals surface area contributed by atoms with Gasteiger partial charge in [0.15, 0.2) is 0 Å². The molecule has 1 saturated heterocycles. The van der Waals surface area contributed by atoms with Gasteiger partial charge in [-0.25, -0.2) is 0 Å². The number of para-hydroxylation sites is 1. The van der Waals surface area contributed by atoms with Gasteiger partial charge in [-0.15, -0.1) is 0 Å². The van der Waals surface area contributed by atoms with E-state index in [0.717, 1.165) is 12.0 Å². The third-order valence-corrected chi connectivity index (χ3v) is 5.93. The van der Waals surface area contributed by atoms with Gasteiger partial charge in [0.1, 0.15) is 17.3 Å². The second kappa shape index (κ2) is 10.5. The molecule has 0 saturated carbocycles. The molecule has 1 heterocycles. The van der Waals surface area contributed by atoms with Crippen molar-refractivity contribution in [1.29, 1.82) is 0 Å². The fourth-order valence-electron chi connectivity index (χ4n) is 4.23. The third kappa shape index (κ3) is 4.78. The molecule has 0 aromatic heterocycles. The Labute approximate surface area is 205 Å². The molecule has 0 bridgehead atoms. The lowest BCUT2D eigenvalue weighted by molar-refractivity contribution is -0.132. The molecule has 3 aromatic carbocycles. The van der Waals surface area contributed by atoms with Gasteiger partial charge in [-0.2, -0.15) is 0 Å². The number of amides is 1. The van der Waals surface area contributed by atoms with Crippen LogP contribution in [0.1, 0.15) is 43.0 Å². The first-order valence-corrected chi connectivity index (χ1v) is 11.8. The summed E-state index contributed by atoms with van der Waals surface area (Å²) in [5.41, 5.74) is 2.65. The molecule has 6 nitrogen and oxygen atoms in total. The lowest BCUT2D eigenvalue weighted by atomic mass is 9.95. The van der Waals surface area contributed by atoms with E-state index in [-0.39, 0.29) is 11.3 Å². The molecule has 180 valence electrons. The van der Waals surface area contributed by atoms with Gasteiger partial charge in [-0.1, -0.05) is 37.3 Å². The van der Waals surface area contributed by atoms with Crippen LogP contribution < -0.4 is 14.4 Å². The summed E-state index contributed by atoms with van der Waals surface area (Å²) >= 11 is 0. The van der Waals surface area contributed by atoms with Gasteiger partial charge < -0.3 is 14.6 Å². The summed E-state index contributed by atoms with van der Waals surface area (Å²) < 4.78 is 11.2. The monoisotopic (exact) mass is 471 g/mol. The Hall–Kier alpha value is -4.06. The standard InChI is InChI=1S/C29H29NO5/c1-4-18-35-23-16-12-21(13-17-23)27(31)25-26(20-10-14-22(15-11-20)34-5-2)30(29(33)28(25)32)24-9-7-6-8-19(24)3/h6-17,26,31H,4-5,18H2,1-3H3/b27-25+. The van der Waals surface area contributed by atoms with Gasteiger partial charge in [0.05, 0.1) is 24.8 Å². The summed E-state index contributed by atoms with van der Waals surface area (Å²) in [6.45, 7) is 6.93. The number of aryl methyl sites for hydroxylation is 1. The Morgan fingerprint density at radius 1 is 0.886 bits per heavy atom. The fraction of sp³-hybridized carbons (Fsp3) is 0.241. The zero-order valence-electron chi connectivity index (χ0n) is 20.2. The highest BCUT2D eigenvalue weighted by molar-refractivity contribution is 6.51. The number of benzene rings is 3. The van der Waals surface area contributed by atoms with Crippen LogP contribution in [0.25, 0.3) is 5.76 Å². The van der Waals surface area contributed by atoms with E-state index in [1.165, 1.54) is 4.90 Å². The van der Waals surface area contributed by atoms with E-state index in [1.54, 1.807) is 36.4 Å². The summed E-state index contributed by atoms with van der Waals surface area (Å²) in [6, 6.07) is 20.7. The van der Waals surface area contributed by atoms with Crippen molar-refractivity contribution in [2.24, 2.45) is 0 Å². The van der Waals surface area contributed by atoms with Crippen molar-refractivity contribution < 1.29 is 24.2 Å². The minimum absolute atomic E-state index is 0.0460. The second-order valence-electron chi connectivity index (χ2n) is 8.33. The summed E-state index contributed by atoms with van der Waals surface area (Å²) in [7, 11) is 0. The predicted molar refractivity (Wildman–Crippen MR) is 136 cm³/mol. The van der Waals surface area contributed by atoms with E-state index in [4.69, 9.17) is 9.47 Å². The van der Waals surface area contributed by atoms with Crippen LogP contribution in [0.5, 0.6) is 11.5 Å². The van der Waals surface area contributed by atoms with E-state index < -0.39 is 17.7 Å². The summed E-state index contributed by atoms with van der Waals surface area (Å²) in [6.07, 6.45) is 0.881. The molecule has 1 atom stereocenters. The average Bonchev–Trinajstić information content (AvgIpc) is 3.14. The van der Waals surface area contributed by atoms with Crippen molar-refractivity contribution in [2.75, 3.05) is 18.1 Å². The van der Waals surface area contributed by atoms with E-state index in [1.807, 2.05) is 57.2 Å². The summed E-state index contributed by atoms with van der Waals surface area (Å²) in [5, 5.41) is 11.3. The van der Waals surface area contributed by atoms with Crippen molar-refractivity contribution in [3.05, 3.63) is 95.1 Å². The molecule has 1 unspecified atom stereocenters. The number of nitrogens with zero attached hydrogens (tertiary/aromatic N) is 1. The lowest BCUT2D eigenvalue weighted by Gasteiger charge is -2.27. The van der Waals surface area contributed by atoms with Crippen LogP contribution in [0.15, 0.2) is 78.4 Å². The molecule has 0 aliphatic carbocycles. The van der Waals surface area contributed by atoms with Gasteiger partial charge in [0.25, 0.3) is 11.7 Å². The lowest BCUT2D eigenvalue weighted by Crippen LogP contribution is -2.30. The zero-order valence-corrected chi connectivity index (χ0v) is 20.2. The number of carbonyl (C=O) groups is 2. The number of carbonyl (C=O) groups excluding carboxylic acids is 2. The van der Waals surface area contributed by atoms with Crippen molar-refractivity contribution in [1.82, 2.24) is 0 Å². The fourth-order valence-corrected chi connectivity index (χ4v) is 4.23. The van der Waals surface area contributed by atoms with Crippen LogP contribution in [-0.2, 0) is 9.59 Å².